The van der Waals surface area contributed by atoms with Crippen molar-refractivity contribution in [3.05, 3.63) is 29.8 Å². The van der Waals surface area contributed by atoms with E-state index < -0.39 is 26.3 Å². The molecule has 2 nitrogen and oxygen atoms in total. The second-order valence-corrected chi connectivity index (χ2v) is 7.34. The third-order valence-electron chi connectivity index (χ3n) is 2.28. The quantitative estimate of drug-likeness (QED) is 0.781. The second-order valence-electron chi connectivity index (χ2n) is 4.64. The molecule has 6 heteroatoms. The highest BCUT2D eigenvalue weighted by Crippen LogP contribution is 2.32. The van der Waals surface area contributed by atoms with Crippen LogP contribution in [0, 0.1) is 0 Å². The van der Waals surface area contributed by atoms with Crippen molar-refractivity contribution >= 4 is 9.84 Å². The molecule has 96 valence electrons. The van der Waals surface area contributed by atoms with E-state index in [1.807, 2.05) is 0 Å². The third-order valence-corrected chi connectivity index (χ3v) is 4.76. The molecule has 0 aliphatic rings. The molecule has 0 heterocycles. The van der Waals surface area contributed by atoms with Gasteiger partial charge in [-0.05, 0) is 39.0 Å². The van der Waals surface area contributed by atoms with Crippen LogP contribution >= 0.6 is 0 Å². The van der Waals surface area contributed by atoms with Gasteiger partial charge >= 0.3 is 6.18 Å². The predicted octanol–water partition coefficient (Wildman–Crippen LogP) is 3.28. The highest BCUT2D eigenvalue weighted by molar-refractivity contribution is 7.92. The van der Waals surface area contributed by atoms with Gasteiger partial charge in [0.15, 0.2) is 9.84 Å². The standard InChI is InChI=1S/C11H13F3O2S/c1-10(2,3)17(15,16)9-6-4-5-8(7-9)11(12,13)14/h4-7H,1-3H3. The molecule has 0 fully saturated rings. The minimum Gasteiger partial charge on any atom is -0.223 e. The summed E-state index contributed by atoms with van der Waals surface area (Å²) in [6.45, 7) is 4.34. The first kappa shape index (κ1) is 14.0. The van der Waals surface area contributed by atoms with E-state index in [0.29, 0.717) is 6.07 Å². The fraction of sp³-hybridized carbons (Fsp3) is 0.455. The van der Waals surface area contributed by atoms with Crippen LogP contribution in [0.5, 0.6) is 0 Å². The van der Waals surface area contributed by atoms with Crippen molar-refractivity contribution in [1.29, 1.82) is 0 Å². The van der Waals surface area contributed by atoms with Crippen LogP contribution < -0.4 is 0 Å². The molecule has 0 radical (unpaired) electrons. The molecule has 0 atom stereocenters. The van der Waals surface area contributed by atoms with E-state index in [2.05, 4.69) is 0 Å². The van der Waals surface area contributed by atoms with Gasteiger partial charge in [-0.1, -0.05) is 6.07 Å². The molecule has 0 amide bonds. The molecule has 0 aliphatic carbocycles. The summed E-state index contributed by atoms with van der Waals surface area (Å²) in [7, 11) is -3.76. The molecule has 17 heavy (non-hydrogen) atoms. The summed E-state index contributed by atoms with van der Waals surface area (Å²) in [6, 6.07) is 3.79. The van der Waals surface area contributed by atoms with E-state index in [4.69, 9.17) is 0 Å². The van der Waals surface area contributed by atoms with Gasteiger partial charge in [-0.3, -0.25) is 0 Å². The molecule has 0 aromatic heterocycles. The highest BCUT2D eigenvalue weighted by atomic mass is 32.2. The summed E-state index contributed by atoms with van der Waals surface area (Å²) in [4.78, 5) is -0.306. The summed E-state index contributed by atoms with van der Waals surface area (Å²) in [6.07, 6.45) is -4.54. The molecular weight excluding hydrogens is 253 g/mol. The summed E-state index contributed by atoms with van der Waals surface area (Å²) in [5.74, 6) is 0. The summed E-state index contributed by atoms with van der Waals surface area (Å²) in [5, 5.41) is 0. The topological polar surface area (TPSA) is 34.1 Å². The zero-order chi connectivity index (χ0) is 13.5. The van der Waals surface area contributed by atoms with Crippen LogP contribution in [-0.4, -0.2) is 13.2 Å². The summed E-state index contributed by atoms with van der Waals surface area (Å²) >= 11 is 0. The molecule has 1 rings (SSSR count). The van der Waals surface area contributed by atoms with Crippen molar-refractivity contribution in [2.45, 2.75) is 36.6 Å². The van der Waals surface area contributed by atoms with Gasteiger partial charge in [0.05, 0.1) is 15.2 Å². The maximum atomic E-state index is 12.5. The summed E-state index contributed by atoms with van der Waals surface area (Å²) in [5.41, 5.74) is -0.956. The van der Waals surface area contributed by atoms with Gasteiger partial charge < -0.3 is 0 Å². The Hall–Kier alpha value is -1.04. The van der Waals surface area contributed by atoms with Crippen molar-refractivity contribution in [3.63, 3.8) is 0 Å². The maximum absolute atomic E-state index is 12.5. The summed E-state index contributed by atoms with van der Waals surface area (Å²) < 4.78 is 60.2. The molecule has 1 aromatic carbocycles. The lowest BCUT2D eigenvalue weighted by Crippen LogP contribution is -2.28. The maximum Gasteiger partial charge on any atom is 0.416 e. The van der Waals surface area contributed by atoms with Crippen molar-refractivity contribution in [1.82, 2.24) is 0 Å². The van der Waals surface area contributed by atoms with Gasteiger partial charge in [0.25, 0.3) is 0 Å². The Labute approximate surface area is 98.4 Å². The molecule has 0 aliphatic heterocycles. The smallest absolute Gasteiger partial charge is 0.223 e. The number of rotatable bonds is 1. The Kier molecular flexibility index (Phi) is 3.31. The van der Waals surface area contributed by atoms with Crippen molar-refractivity contribution in [2.75, 3.05) is 0 Å². The van der Waals surface area contributed by atoms with Crippen molar-refractivity contribution in [3.8, 4) is 0 Å². The predicted molar refractivity (Wildman–Crippen MR) is 58.4 cm³/mol. The van der Waals surface area contributed by atoms with Crippen LogP contribution in [0.2, 0.25) is 0 Å². The van der Waals surface area contributed by atoms with E-state index in [9.17, 15) is 21.6 Å². The number of hydrogen-bond donors (Lipinski definition) is 0. The fourth-order valence-corrected chi connectivity index (χ4v) is 2.44. The van der Waals surface area contributed by atoms with E-state index in [-0.39, 0.29) is 4.90 Å². The zero-order valence-corrected chi connectivity index (χ0v) is 10.5. The van der Waals surface area contributed by atoms with E-state index in [0.717, 1.165) is 12.1 Å². The van der Waals surface area contributed by atoms with Crippen LogP contribution in [0.25, 0.3) is 0 Å². The zero-order valence-electron chi connectivity index (χ0n) is 9.67. The van der Waals surface area contributed by atoms with Gasteiger partial charge in [-0.15, -0.1) is 0 Å². The SMILES string of the molecule is CC(C)(C)S(=O)(=O)c1cccc(C(F)(F)F)c1. The van der Waals surface area contributed by atoms with Crippen LogP contribution in [-0.2, 0) is 16.0 Å². The third kappa shape index (κ3) is 2.80. The lowest BCUT2D eigenvalue weighted by Gasteiger charge is -2.19. The largest absolute Gasteiger partial charge is 0.416 e. The van der Waals surface area contributed by atoms with Gasteiger partial charge in [0.1, 0.15) is 0 Å². The molecular formula is C11H13F3O2S. The number of sulfone groups is 1. The number of alkyl halides is 3. The number of halogens is 3. The van der Waals surface area contributed by atoms with Gasteiger partial charge in [-0.2, -0.15) is 13.2 Å². The minimum atomic E-state index is -4.54. The fourth-order valence-electron chi connectivity index (χ4n) is 1.19. The second kappa shape index (κ2) is 4.01. The van der Waals surface area contributed by atoms with E-state index in [1.165, 1.54) is 26.8 Å². The van der Waals surface area contributed by atoms with Crippen LogP contribution in [0.4, 0.5) is 13.2 Å². The highest BCUT2D eigenvalue weighted by Gasteiger charge is 2.35. The lowest BCUT2D eigenvalue weighted by molar-refractivity contribution is -0.137. The van der Waals surface area contributed by atoms with E-state index >= 15 is 0 Å². The first-order valence-corrected chi connectivity index (χ1v) is 6.36. The van der Waals surface area contributed by atoms with Crippen LogP contribution in [0.15, 0.2) is 29.2 Å². The minimum absolute atomic E-state index is 0.306. The Morgan fingerprint density at radius 1 is 1.06 bits per heavy atom. The monoisotopic (exact) mass is 266 g/mol. The molecule has 1 aromatic rings. The molecule has 0 unspecified atom stereocenters. The first-order chi connectivity index (χ1) is 7.46. The Bertz CT molecular complexity index is 510. The molecule has 0 spiro atoms. The van der Waals surface area contributed by atoms with E-state index in [1.54, 1.807) is 0 Å². The molecule has 0 N–H and O–H groups in total. The van der Waals surface area contributed by atoms with Crippen molar-refractivity contribution < 1.29 is 21.6 Å². The molecule has 0 saturated carbocycles. The Morgan fingerprint density at radius 3 is 2.00 bits per heavy atom. The first-order valence-electron chi connectivity index (χ1n) is 4.88. The average molecular weight is 266 g/mol. The Balaban J connectivity index is 3.37. The number of benzene rings is 1. The van der Waals surface area contributed by atoms with Crippen molar-refractivity contribution in [2.24, 2.45) is 0 Å². The average Bonchev–Trinajstić information content (AvgIpc) is 2.15. The van der Waals surface area contributed by atoms with Gasteiger partial charge in [0.2, 0.25) is 0 Å². The normalized spacial score (nSPS) is 13.8. The molecule has 0 saturated heterocycles. The van der Waals surface area contributed by atoms with Crippen LogP contribution in [0.1, 0.15) is 26.3 Å². The van der Waals surface area contributed by atoms with Gasteiger partial charge in [-0.25, -0.2) is 8.42 Å². The number of hydrogen-bond acceptors (Lipinski definition) is 2. The lowest BCUT2D eigenvalue weighted by atomic mass is 10.2. The van der Waals surface area contributed by atoms with Gasteiger partial charge in [0, 0.05) is 0 Å². The molecule has 0 bridgehead atoms. The Morgan fingerprint density at radius 2 is 1.59 bits per heavy atom. The van der Waals surface area contributed by atoms with Crippen LogP contribution in [0.3, 0.4) is 0 Å².